The number of rotatable bonds is 2. The van der Waals surface area contributed by atoms with Gasteiger partial charge in [-0.1, -0.05) is 12.8 Å². The SMILES string of the molecule is CC1(NS(=O)O)CCCC1. The molecule has 1 aliphatic rings. The predicted octanol–water partition coefficient (Wildman–Crippen LogP) is 1.05. The second-order valence-electron chi connectivity index (χ2n) is 3.12. The molecule has 1 fully saturated rings. The Balaban J connectivity index is 2.43. The van der Waals surface area contributed by atoms with Gasteiger partial charge in [-0.2, -0.15) is 0 Å². The average molecular weight is 163 g/mol. The van der Waals surface area contributed by atoms with E-state index in [9.17, 15) is 4.21 Å². The van der Waals surface area contributed by atoms with Crippen molar-refractivity contribution in [1.82, 2.24) is 4.72 Å². The molecule has 2 N–H and O–H groups in total. The molecule has 0 spiro atoms. The minimum atomic E-state index is -1.84. The lowest BCUT2D eigenvalue weighted by molar-refractivity contribution is 0.420. The van der Waals surface area contributed by atoms with Crippen LogP contribution >= 0.6 is 0 Å². The molecule has 1 aliphatic carbocycles. The lowest BCUT2D eigenvalue weighted by atomic mass is 10.0. The van der Waals surface area contributed by atoms with Crippen LogP contribution < -0.4 is 4.72 Å². The van der Waals surface area contributed by atoms with Crippen molar-refractivity contribution in [3.63, 3.8) is 0 Å². The van der Waals surface area contributed by atoms with Crippen molar-refractivity contribution >= 4 is 11.3 Å². The molecule has 0 bridgehead atoms. The largest absolute Gasteiger partial charge is 0.294 e. The summed E-state index contributed by atoms with van der Waals surface area (Å²) in [5.74, 6) is 0. The first-order valence-electron chi connectivity index (χ1n) is 3.51. The smallest absolute Gasteiger partial charge is 0.232 e. The Labute approximate surface area is 63.6 Å². The van der Waals surface area contributed by atoms with Crippen molar-refractivity contribution in [2.75, 3.05) is 0 Å². The molecule has 0 amide bonds. The van der Waals surface area contributed by atoms with Crippen LogP contribution in [0.5, 0.6) is 0 Å². The summed E-state index contributed by atoms with van der Waals surface area (Å²) in [6.07, 6.45) is 4.36. The highest BCUT2D eigenvalue weighted by atomic mass is 32.2. The fourth-order valence-corrected chi connectivity index (χ4v) is 2.09. The van der Waals surface area contributed by atoms with E-state index in [1.807, 2.05) is 6.92 Å². The van der Waals surface area contributed by atoms with E-state index in [-0.39, 0.29) is 5.54 Å². The first-order valence-corrected chi connectivity index (χ1v) is 4.62. The molecule has 0 aromatic rings. The van der Waals surface area contributed by atoms with Crippen LogP contribution in [-0.2, 0) is 11.3 Å². The topological polar surface area (TPSA) is 49.3 Å². The summed E-state index contributed by atoms with van der Waals surface area (Å²) in [6, 6.07) is 0. The van der Waals surface area contributed by atoms with Crippen LogP contribution in [0.15, 0.2) is 0 Å². The van der Waals surface area contributed by atoms with E-state index in [4.69, 9.17) is 4.55 Å². The molecule has 1 rings (SSSR count). The van der Waals surface area contributed by atoms with Crippen molar-refractivity contribution in [3.05, 3.63) is 0 Å². The molecule has 3 nitrogen and oxygen atoms in total. The monoisotopic (exact) mass is 163 g/mol. The highest BCUT2D eigenvalue weighted by Crippen LogP contribution is 2.28. The molecule has 1 unspecified atom stereocenters. The third-order valence-electron chi connectivity index (χ3n) is 2.04. The molecule has 1 saturated carbocycles. The second-order valence-corrected chi connectivity index (χ2v) is 3.82. The molecule has 0 aromatic carbocycles. The van der Waals surface area contributed by atoms with Crippen molar-refractivity contribution in [3.8, 4) is 0 Å². The normalized spacial score (nSPS) is 26.6. The van der Waals surface area contributed by atoms with E-state index in [0.717, 1.165) is 12.8 Å². The summed E-state index contributed by atoms with van der Waals surface area (Å²) < 4.78 is 21.5. The Kier molecular flexibility index (Phi) is 2.44. The van der Waals surface area contributed by atoms with Gasteiger partial charge in [0.2, 0.25) is 11.3 Å². The summed E-state index contributed by atoms with van der Waals surface area (Å²) in [6.45, 7) is 1.99. The quantitative estimate of drug-likeness (QED) is 0.598. The van der Waals surface area contributed by atoms with Crippen LogP contribution in [-0.4, -0.2) is 14.3 Å². The van der Waals surface area contributed by atoms with Gasteiger partial charge in [0, 0.05) is 5.54 Å². The predicted molar refractivity (Wildman–Crippen MR) is 40.8 cm³/mol. The zero-order valence-electron chi connectivity index (χ0n) is 6.09. The molecular weight excluding hydrogens is 150 g/mol. The maximum absolute atomic E-state index is 10.4. The van der Waals surface area contributed by atoms with E-state index < -0.39 is 11.3 Å². The third-order valence-corrected chi connectivity index (χ3v) is 2.71. The number of nitrogens with one attached hydrogen (secondary N) is 1. The first kappa shape index (κ1) is 8.17. The van der Waals surface area contributed by atoms with E-state index >= 15 is 0 Å². The third kappa shape index (κ3) is 2.04. The lowest BCUT2D eigenvalue weighted by Crippen LogP contribution is -2.40. The summed E-state index contributed by atoms with van der Waals surface area (Å²) in [5.41, 5.74) is -0.0837. The van der Waals surface area contributed by atoms with Gasteiger partial charge in [-0.3, -0.25) is 4.55 Å². The standard InChI is InChI=1S/C6H13NO2S/c1-6(7-10(8)9)4-2-3-5-6/h7H,2-5H2,1H3,(H,8,9). The van der Waals surface area contributed by atoms with Crippen LogP contribution in [0.4, 0.5) is 0 Å². The number of hydrogen-bond acceptors (Lipinski definition) is 1. The first-order chi connectivity index (χ1) is 4.62. The van der Waals surface area contributed by atoms with Gasteiger partial charge in [-0.05, 0) is 19.8 Å². The highest BCUT2D eigenvalue weighted by molar-refractivity contribution is 7.77. The van der Waals surface area contributed by atoms with Gasteiger partial charge in [0.05, 0.1) is 0 Å². The Hall–Kier alpha value is 0.0700. The second kappa shape index (κ2) is 2.98. The minimum Gasteiger partial charge on any atom is -0.294 e. The zero-order valence-corrected chi connectivity index (χ0v) is 6.91. The fourth-order valence-electron chi connectivity index (χ4n) is 1.47. The Morgan fingerprint density at radius 3 is 2.40 bits per heavy atom. The summed E-state index contributed by atoms with van der Waals surface area (Å²) >= 11 is -1.84. The van der Waals surface area contributed by atoms with Gasteiger partial charge in [-0.25, -0.2) is 8.93 Å². The molecule has 1 atom stereocenters. The number of hydrogen-bond donors (Lipinski definition) is 2. The molecule has 4 heteroatoms. The van der Waals surface area contributed by atoms with Crippen LogP contribution in [0.25, 0.3) is 0 Å². The molecule has 0 radical (unpaired) electrons. The van der Waals surface area contributed by atoms with Gasteiger partial charge in [0.1, 0.15) is 0 Å². The molecular formula is C6H13NO2S. The summed E-state index contributed by atoms with van der Waals surface area (Å²) in [4.78, 5) is 0. The molecule has 0 aliphatic heterocycles. The van der Waals surface area contributed by atoms with Gasteiger partial charge in [0.15, 0.2) is 0 Å². The average Bonchev–Trinajstić information content (AvgIpc) is 2.12. The van der Waals surface area contributed by atoms with Gasteiger partial charge in [-0.15, -0.1) is 0 Å². The van der Waals surface area contributed by atoms with Gasteiger partial charge >= 0.3 is 0 Å². The van der Waals surface area contributed by atoms with Gasteiger partial charge in [0.25, 0.3) is 0 Å². The Morgan fingerprint density at radius 2 is 2.00 bits per heavy atom. The van der Waals surface area contributed by atoms with E-state index in [0.29, 0.717) is 0 Å². The van der Waals surface area contributed by atoms with Crippen molar-refractivity contribution in [2.24, 2.45) is 0 Å². The Bertz CT molecular complexity index is 143. The van der Waals surface area contributed by atoms with E-state index in [1.54, 1.807) is 0 Å². The van der Waals surface area contributed by atoms with Crippen molar-refractivity contribution < 1.29 is 8.76 Å². The highest BCUT2D eigenvalue weighted by Gasteiger charge is 2.29. The fraction of sp³-hybridized carbons (Fsp3) is 1.00. The molecule has 10 heavy (non-hydrogen) atoms. The van der Waals surface area contributed by atoms with E-state index in [1.165, 1.54) is 12.8 Å². The van der Waals surface area contributed by atoms with Crippen LogP contribution in [0.2, 0.25) is 0 Å². The van der Waals surface area contributed by atoms with Crippen LogP contribution in [0.3, 0.4) is 0 Å². The van der Waals surface area contributed by atoms with Gasteiger partial charge < -0.3 is 0 Å². The maximum atomic E-state index is 10.4. The zero-order chi connectivity index (χ0) is 7.61. The molecule has 0 heterocycles. The van der Waals surface area contributed by atoms with Crippen LogP contribution in [0, 0.1) is 0 Å². The minimum absolute atomic E-state index is 0.0837. The summed E-state index contributed by atoms with van der Waals surface area (Å²) in [5, 5.41) is 0. The Morgan fingerprint density at radius 1 is 1.50 bits per heavy atom. The maximum Gasteiger partial charge on any atom is 0.232 e. The van der Waals surface area contributed by atoms with E-state index in [2.05, 4.69) is 4.72 Å². The van der Waals surface area contributed by atoms with Crippen molar-refractivity contribution in [2.45, 2.75) is 38.1 Å². The molecule has 0 aromatic heterocycles. The molecule has 60 valence electrons. The van der Waals surface area contributed by atoms with Crippen LogP contribution in [0.1, 0.15) is 32.6 Å². The summed E-state index contributed by atoms with van der Waals surface area (Å²) in [7, 11) is 0. The lowest BCUT2D eigenvalue weighted by Gasteiger charge is -2.21. The van der Waals surface area contributed by atoms with Crippen molar-refractivity contribution in [1.29, 1.82) is 0 Å². The molecule has 0 saturated heterocycles.